The number of carbonyl (C=O) groups excluding carboxylic acids is 2. The zero-order chi connectivity index (χ0) is 24.5. The van der Waals surface area contributed by atoms with E-state index >= 15 is 0 Å². The molecule has 4 rings (SSSR count). The minimum absolute atomic E-state index is 0.0939. The highest BCUT2D eigenvalue weighted by Gasteiger charge is 2.32. The van der Waals surface area contributed by atoms with Crippen LogP contribution in [0.25, 0.3) is 10.7 Å². The van der Waals surface area contributed by atoms with Crippen molar-refractivity contribution in [3.05, 3.63) is 52.1 Å². The van der Waals surface area contributed by atoms with Crippen LogP contribution in [0.2, 0.25) is 5.02 Å². The number of thiophene rings is 1. The molecule has 1 aromatic carbocycles. The van der Waals surface area contributed by atoms with Crippen molar-refractivity contribution in [3.63, 3.8) is 0 Å². The molecule has 0 unspecified atom stereocenters. The number of anilines is 1. The van der Waals surface area contributed by atoms with Crippen LogP contribution in [0.4, 0.5) is 5.69 Å². The van der Waals surface area contributed by atoms with Crippen molar-refractivity contribution in [2.24, 2.45) is 0 Å². The number of nitrogens with zero attached hydrogens (tertiary/aromatic N) is 3. The van der Waals surface area contributed by atoms with E-state index in [0.29, 0.717) is 45.9 Å². The highest BCUT2D eigenvalue weighted by atomic mass is 35.5. The number of methoxy groups -OCH3 is 1. The number of fused-ring (bicyclic) bond motifs is 1. The van der Waals surface area contributed by atoms with E-state index in [1.165, 1.54) is 30.8 Å². The summed E-state index contributed by atoms with van der Waals surface area (Å²) in [5.41, 5.74) is 0.822. The third-order valence-electron chi connectivity index (χ3n) is 5.13. The quantitative estimate of drug-likeness (QED) is 0.395. The summed E-state index contributed by atoms with van der Waals surface area (Å²) < 4.78 is 16.8. The summed E-state index contributed by atoms with van der Waals surface area (Å²) in [5.74, 6) is 1.13. The summed E-state index contributed by atoms with van der Waals surface area (Å²) in [7, 11) is 1.54. The fourth-order valence-corrected chi connectivity index (χ4v) is 4.62. The van der Waals surface area contributed by atoms with Crippen LogP contribution in [0.5, 0.6) is 11.5 Å². The van der Waals surface area contributed by atoms with Gasteiger partial charge in [-0.15, -0.1) is 11.3 Å². The molecule has 0 fully saturated rings. The largest absolute Gasteiger partial charge is 0.493 e. The number of carbonyl (C=O) groups is 2. The maximum absolute atomic E-state index is 13.1. The number of aromatic nitrogens is 2. The molecule has 178 valence electrons. The van der Waals surface area contributed by atoms with Gasteiger partial charge in [0.2, 0.25) is 0 Å². The number of ether oxygens (including phenoxy) is 3. The van der Waals surface area contributed by atoms with Crippen LogP contribution in [-0.4, -0.2) is 41.2 Å². The van der Waals surface area contributed by atoms with Crippen LogP contribution in [0.3, 0.4) is 0 Å². The maximum Gasteiger partial charge on any atom is 0.306 e. The summed E-state index contributed by atoms with van der Waals surface area (Å²) >= 11 is 7.23. The zero-order valence-electron chi connectivity index (χ0n) is 19.3. The number of amides is 1. The Labute approximate surface area is 206 Å². The molecule has 1 aliphatic heterocycles. The van der Waals surface area contributed by atoms with Crippen molar-refractivity contribution in [2.45, 2.75) is 39.3 Å². The monoisotopic (exact) mass is 501 g/mol. The van der Waals surface area contributed by atoms with E-state index < -0.39 is 5.60 Å². The van der Waals surface area contributed by atoms with E-state index in [2.05, 4.69) is 9.97 Å². The van der Waals surface area contributed by atoms with Crippen LogP contribution in [0.15, 0.2) is 36.7 Å². The molecule has 34 heavy (non-hydrogen) atoms. The molecule has 0 N–H and O–H groups in total. The SMILES string of the molecule is CCC(=O)OC(C)(C)COc1ccc(N2Cc3cc(-c4ncc(Cl)cn4)sc3C2=O)cc1OC. The molecule has 10 heteroatoms. The number of halogens is 1. The Hall–Kier alpha value is -3.17. The van der Waals surface area contributed by atoms with Gasteiger partial charge in [-0.1, -0.05) is 18.5 Å². The molecule has 1 aliphatic rings. The van der Waals surface area contributed by atoms with Crippen LogP contribution >= 0.6 is 22.9 Å². The van der Waals surface area contributed by atoms with Gasteiger partial charge in [-0.25, -0.2) is 9.97 Å². The highest BCUT2D eigenvalue weighted by molar-refractivity contribution is 7.17. The van der Waals surface area contributed by atoms with Gasteiger partial charge >= 0.3 is 5.97 Å². The lowest BCUT2D eigenvalue weighted by molar-refractivity contribution is -0.158. The van der Waals surface area contributed by atoms with E-state index in [9.17, 15) is 9.59 Å². The first-order valence-corrected chi connectivity index (χ1v) is 11.9. The van der Waals surface area contributed by atoms with Gasteiger partial charge in [-0.2, -0.15) is 0 Å². The zero-order valence-corrected chi connectivity index (χ0v) is 20.8. The molecule has 0 radical (unpaired) electrons. The molecular weight excluding hydrogens is 478 g/mol. The Kier molecular flexibility index (Phi) is 6.77. The Bertz CT molecular complexity index is 1230. The fourth-order valence-electron chi connectivity index (χ4n) is 3.45. The van der Waals surface area contributed by atoms with E-state index in [4.69, 9.17) is 25.8 Å². The normalized spacial score (nSPS) is 13.1. The second kappa shape index (κ2) is 9.60. The number of hydrogen-bond donors (Lipinski definition) is 0. The maximum atomic E-state index is 13.1. The lowest BCUT2D eigenvalue weighted by Gasteiger charge is -2.26. The standard InChI is InChI=1S/C24H24ClN3O5S/c1-5-20(29)33-24(2,3)13-32-17-7-6-16(9-18(17)31-4)28-12-14-8-19(34-21(14)23(28)30)22-26-10-15(25)11-27-22/h6-11H,5,12-13H2,1-4H3. The first kappa shape index (κ1) is 24.0. The average Bonchev–Trinajstić information content (AvgIpc) is 3.37. The van der Waals surface area contributed by atoms with Crippen molar-refractivity contribution >= 4 is 40.5 Å². The Morgan fingerprint density at radius 3 is 2.59 bits per heavy atom. The second-order valence-corrected chi connectivity index (χ2v) is 9.78. The molecule has 0 saturated heterocycles. The smallest absolute Gasteiger partial charge is 0.306 e. The molecule has 3 heterocycles. The first-order chi connectivity index (χ1) is 16.2. The molecule has 3 aromatic rings. The van der Waals surface area contributed by atoms with Gasteiger partial charge < -0.3 is 19.1 Å². The van der Waals surface area contributed by atoms with E-state index in [-0.39, 0.29) is 18.5 Å². The summed E-state index contributed by atoms with van der Waals surface area (Å²) in [5, 5.41) is 0.460. The third-order valence-corrected chi connectivity index (χ3v) is 6.49. The van der Waals surface area contributed by atoms with Gasteiger partial charge in [-0.3, -0.25) is 9.59 Å². The van der Waals surface area contributed by atoms with Crippen LogP contribution < -0.4 is 14.4 Å². The van der Waals surface area contributed by atoms with Gasteiger partial charge in [0.1, 0.15) is 12.2 Å². The minimum atomic E-state index is -0.790. The van der Waals surface area contributed by atoms with Crippen LogP contribution in [-0.2, 0) is 16.1 Å². The number of hydrogen-bond acceptors (Lipinski definition) is 8. The first-order valence-electron chi connectivity index (χ1n) is 10.7. The number of rotatable bonds is 8. The van der Waals surface area contributed by atoms with Crippen LogP contribution in [0, 0.1) is 0 Å². The predicted molar refractivity (Wildman–Crippen MR) is 130 cm³/mol. The molecule has 0 spiro atoms. The molecule has 0 bridgehead atoms. The average molecular weight is 502 g/mol. The topological polar surface area (TPSA) is 90.9 Å². The van der Waals surface area contributed by atoms with Gasteiger partial charge in [0.25, 0.3) is 5.91 Å². The van der Waals surface area contributed by atoms with Crippen molar-refractivity contribution in [1.82, 2.24) is 9.97 Å². The highest BCUT2D eigenvalue weighted by Crippen LogP contribution is 2.40. The minimum Gasteiger partial charge on any atom is -0.493 e. The molecule has 0 atom stereocenters. The van der Waals surface area contributed by atoms with Gasteiger partial charge in [0, 0.05) is 30.6 Å². The third kappa shape index (κ3) is 5.00. The van der Waals surface area contributed by atoms with E-state index in [0.717, 1.165) is 10.4 Å². The number of esters is 1. The summed E-state index contributed by atoms with van der Waals surface area (Å²) in [6, 6.07) is 7.26. The van der Waals surface area contributed by atoms with Crippen molar-refractivity contribution in [2.75, 3.05) is 18.6 Å². The second-order valence-electron chi connectivity index (χ2n) is 8.29. The molecule has 0 saturated carbocycles. The molecule has 0 aliphatic carbocycles. The van der Waals surface area contributed by atoms with Crippen molar-refractivity contribution < 1.29 is 23.8 Å². The summed E-state index contributed by atoms with van der Waals surface area (Å²) in [6.07, 6.45) is 3.37. The van der Waals surface area contributed by atoms with Gasteiger partial charge in [0.05, 0.1) is 28.4 Å². The van der Waals surface area contributed by atoms with Crippen molar-refractivity contribution in [1.29, 1.82) is 0 Å². The Morgan fingerprint density at radius 1 is 1.21 bits per heavy atom. The predicted octanol–water partition coefficient (Wildman–Crippen LogP) is 5.14. The van der Waals surface area contributed by atoms with Crippen molar-refractivity contribution in [3.8, 4) is 22.2 Å². The van der Waals surface area contributed by atoms with Gasteiger partial charge in [0.15, 0.2) is 17.3 Å². The summed E-state index contributed by atoms with van der Waals surface area (Å²) in [4.78, 5) is 36.4. The molecular formula is C24H24ClN3O5S. The van der Waals surface area contributed by atoms with E-state index in [1.807, 2.05) is 6.07 Å². The lowest BCUT2D eigenvalue weighted by Crippen LogP contribution is -2.34. The lowest BCUT2D eigenvalue weighted by atomic mass is 10.1. The van der Waals surface area contributed by atoms with Crippen LogP contribution in [0.1, 0.15) is 42.4 Å². The molecule has 2 aromatic heterocycles. The summed E-state index contributed by atoms with van der Waals surface area (Å²) in [6.45, 7) is 5.90. The van der Waals surface area contributed by atoms with Gasteiger partial charge in [-0.05, 0) is 37.6 Å². The Morgan fingerprint density at radius 2 is 1.94 bits per heavy atom. The Balaban J connectivity index is 1.48. The van der Waals surface area contributed by atoms with E-state index in [1.54, 1.807) is 43.9 Å². The fraction of sp³-hybridized carbons (Fsp3) is 0.333. The molecule has 1 amide bonds. The number of benzene rings is 1. The molecule has 8 nitrogen and oxygen atoms in total.